The molecule has 1 heterocycles. The summed E-state index contributed by atoms with van der Waals surface area (Å²) in [4.78, 5) is 14.1. The van der Waals surface area contributed by atoms with E-state index in [1.807, 2.05) is 0 Å². The molecule has 0 aromatic rings. The van der Waals surface area contributed by atoms with Crippen LogP contribution in [0.2, 0.25) is 0 Å². The number of carbonyl (C=O) groups excluding carboxylic acids is 1. The van der Waals surface area contributed by atoms with Crippen molar-refractivity contribution in [2.45, 2.75) is 65.5 Å². The van der Waals surface area contributed by atoms with Crippen molar-refractivity contribution < 1.29 is 4.79 Å². The van der Waals surface area contributed by atoms with E-state index in [9.17, 15) is 4.79 Å². The minimum atomic E-state index is 0.172. The third-order valence-corrected chi connectivity index (χ3v) is 4.02. The highest BCUT2D eigenvalue weighted by molar-refractivity contribution is 5.78. The van der Waals surface area contributed by atoms with Crippen LogP contribution in [0.1, 0.15) is 53.9 Å². The Morgan fingerprint density at radius 2 is 1.90 bits per heavy atom. The minimum absolute atomic E-state index is 0.172. The van der Waals surface area contributed by atoms with E-state index in [1.54, 1.807) is 0 Å². The monoisotopic (exact) mass is 283 g/mol. The average Bonchev–Trinajstić information content (AvgIpc) is 2.36. The number of rotatable bonds is 6. The Hall–Kier alpha value is -0.610. The third kappa shape index (κ3) is 7.25. The van der Waals surface area contributed by atoms with Gasteiger partial charge in [0.1, 0.15) is 0 Å². The molecule has 0 aliphatic carbocycles. The molecule has 1 amide bonds. The van der Waals surface area contributed by atoms with Crippen molar-refractivity contribution >= 4 is 5.91 Å². The van der Waals surface area contributed by atoms with Crippen LogP contribution in [0, 0.1) is 5.92 Å². The molecule has 1 atom stereocenters. The van der Waals surface area contributed by atoms with Crippen molar-refractivity contribution in [2.75, 3.05) is 26.2 Å². The van der Waals surface area contributed by atoms with E-state index in [2.05, 4.69) is 50.2 Å². The number of amides is 1. The first-order valence-corrected chi connectivity index (χ1v) is 8.07. The largest absolute Gasteiger partial charge is 0.353 e. The molecule has 0 aromatic heterocycles. The Balaban J connectivity index is 2.20. The van der Waals surface area contributed by atoms with Gasteiger partial charge in [-0.25, -0.2) is 0 Å². The SMILES string of the molecule is CCC(C)NC(=O)CN1CCC(CNC(C)(C)C)CC1. The summed E-state index contributed by atoms with van der Waals surface area (Å²) >= 11 is 0. The van der Waals surface area contributed by atoms with Crippen molar-refractivity contribution in [3.8, 4) is 0 Å². The van der Waals surface area contributed by atoms with Crippen LogP contribution in [0.5, 0.6) is 0 Å². The molecule has 0 aromatic carbocycles. The molecular formula is C16H33N3O. The first kappa shape index (κ1) is 17.4. The number of carbonyl (C=O) groups is 1. The van der Waals surface area contributed by atoms with Crippen molar-refractivity contribution in [3.05, 3.63) is 0 Å². The van der Waals surface area contributed by atoms with Crippen LogP contribution in [0.4, 0.5) is 0 Å². The van der Waals surface area contributed by atoms with E-state index in [-0.39, 0.29) is 17.5 Å². The van der Waals surface area contributed by atoms with Gasteiger partial charge in [0.25, 0.3) is 0 Å². The molecule has 0 radical (unpaired) electrons. The highest BCUT2D eigenvalue weighted by Gasteiger charge is 2.22. The summed E-state index contributed by atoms with van der Waals surface area (Å²) in [7, 11) is 0. The second kappa shape index (κ2) is 7.99. The van der Waals surface area contributed by atoms with Crippen LogP contribution in [-0.2, 0) is 4.79 Å². The molecule has 0 bridgehead atoms. The molecule has 4 nitrogen and oxygen atoms in total. The number of likely N-dealkylation sites (tertiary alicyclic amines) is 1. The van der Waals surface area contributed by atoms with Gasteiger partial charge in [-0.05, 0) is 72.5 Å². The summed E-state index contributed by atoms with van der Waals surface area (Å²) in [6.07, 6.45) is 3.38. The van der Waals surface area contributed by atoms with Gasteiger partial charge >= 0.3 is 0 Å². The normalized spacial score (nSPS) is 19.9. The molecule has 1 aliphatic heterocycles. The molecule has 1 saturated heterocycles. The standard InChI is InChI=1S/C16H33N3O/c1-6-13(2)18-15(20)12-19-9-7-14(8-10-19)11-17-16(3,4)5/h13-14,17H,6-12H2,1-5H3,(H,18,20). The fourth-order valence-corrected chi connectivity index (χ4v) is 2.42. The number of hydrogen-bond acceptors (Lipinski definition) is 3. The van der Waals surface area contributed by atoms with Crippen molar-refractivity contribution in [1.82, 2.24) is 15.5 Å². The number of hydrogen-bond donors (Lipinski definition) is 2. The molecule has 1 unspecified atom stereocenters. The lowest BCUT2D eigenvalue weighted by Gasteiger charge is -2.33. The summed E-state index contributed by atoms with van der Waals surface area (Å²) in [6, 6.07) is 0.288. The van der Waals surface area contributed by atoms with Crippen LogP contribution in [0.15, 0.2) is 0 Å². The predicted octanol–water partition coefficient (Wildman–Crippen LogP) is 2.00. The van der Waals surface area contributed by atoms with Gasteiger partial charge in [-0.3, -0.25) is 9.69 Å². The van der Waals surface area contributed by atoms with Gasteiger partial charge in [0.05, 0.1) is 6.54 Å². The first-order valence-electron chi connectivity index (χ1n) is 8.07. The molecule has 1 rings (SSSR count). The number of nitrogens with one attached hydrogen (secondary N) is 2. The fraction of sp³-hybridized carbons (Fsp3) is 0.938. The van der Waals surface area contributed by atoms with E-state index >= 15 is 0 Å². The molecule has 20 heavy (non-hydrogen) atoms. The summed E-state index contributed by atoms with van der Waals surface area (Å²) in [5.41, 5.74) is 0.202. The Kier molecular flexibility index (Phi) is 6.96. The van der Waals surface area contributed by atoms with Gasteiger partial charge < -0.3 is 10.6 Å². The topological polar surface area (TPSA) is 44.4 Å². The Morgan fingerprint density at radius 1 is 1.30 bits per heavy atom. The van der Waals surface area contributed by atoms with E-state index in [0.29, 0.717) is 6.54 Å². The zero-order valence-corrected chi connectivity index (χ0v) is 14.0. The van der Waals surface area contributed by atoms with Crippen LogP contribution >= 0.6 is 0 Å². The molecule has 1 aliphatic rings. The quantitative estimate of drug-likeness (QED) is 0.784. The smallest absolute Gasteiger partial charge is 0.234 e. The zero-order chi connectivity index (χ0) is 15.2. The van der Waals surface area contributed by atoms with Gasteiger partial charge in [0.15, 0.2) is 0 Å². The second-order valence-corrected chi connectivity index (χ2v) is 7.23. The third-order valence-electron chi connectivity index (χ3n) is 4.02. The maximum atomic E-state index is 11.9. The summed E-state index contributed by atoms with van der Waals surface area (Å²) in [5, 5.41) is 6.62. The highest BCUT2D eigenvalue weighted by atomic mass is 16.2. The van der Waals surface area contributed by atoms with Gasteiger partial charge in [0.2, 0.25) is 5.91 Å². The molecule has 0 saturated carbocycles. The second-order valence-electron chi connectivity index (χ2n) is 7.23. The minimum Gasteiger partial charge on any atom is -0.353 e. The van der Waals surface area contributed by atoms with Crippen molar-refractivity contribution in [1.29, 1.82) is 0 Å². The van der Waals surface area contributed by atoms with Crippen LogP contribution in [0.25, 0.3) is 0 Å². The van der Waals surface area contributed by atoms with E-state index in [0.717, 1.165) is 32.0 Å². The maximum absolute atomic E-state index is 11.9. The molecule has 0 spiro atoms. The maximum Gasteiger partial charge on any atom is 0.234 e. The summed E-state index contributed by atoms with van der Waals surface area (Å²) < 4.78 is 0. The highest BCUT2D eigenvalue weighted by Crippen LogP contribution is 2.17. The lowest BCUT2D eigenvalue weighted by molar-refractivity contribution is -0.123. The Morgan fingerprint density at radius 3 is 2.40 bits per heavy atom. The Labute approximate surface area is 124 Å². The molecule has 2 N–H and O–H groups in total. The summed E-state index contributed by atoms with van der Waals surface area (Å²) in [5.74, 6) is 0.925. The van der Waals surface area contributed by atoms with Gasteiger partial charge in [-0.15, -0.1) is 0 Å². The van der Waals surface area contributed by atoms with E-state index in [4.69, 9.17) is 0 Å². The molecule has 1 fully saturated rings. The molecule has 4 heteroatoms. The number of nitrogens with zero attached hydrogens (tertiary/aromatic N) is 1. The zero-order valence-electron chi connectivity index (χ0n) is 14.0. The van der Waals surface area contributed by atoms with E-state index < -0.39 is 0 Å². The average molecular weight is 283 g/mol. The van der Waals surface area contributed by atoms with Crippen LogP contribution in [0.3, 0.4) is 0 Å². The van der Waals surface area contributed by atoms with Crippen LogP contribution < -0.4 is 10.6 Å². The van der Waals surface area contributed by atoms with Gasteiger partial charge in [-0.1, -0.05) is 6.92 Å². The summed E-state index contributed by atoms with van der Waals surface area (Å²) in [6.45, 7) is 14.5. The van der Waals surface area contributed by atoms with Gasteiger partial charge in [0, 0.05) is 11.6 Å². The Bertz CT molecular complexity index is 291. The number of piperidine rings is 1. The fourth-order valence-electron chi connectivity index (χ4n) is 2.42. The van der Waals surface area contributed by atoms with Crippen LogP contribution in [-0.4, -0.2) is 48.6 Å². The van der Waals surface area contributed by atoms with E-state index in [1.165, 1.54) is 12.8 Å². The first-order chi connectivity index (χ1) is 9.30. The van der Waals surface area contributed by atoms with Gasteiger partial charge in [-0.2, -0.15) is 0 Å². The van der Waals surface area contributed by atoms with Crippen molar-refractivity contribution in [2.24, 2.45) is 5.92 Å². The van der Waals surface area contributed by atoms with Crippen molar-refractivity contribution in [3.63, 3.8) is 0 Å². The lowest BCUT2D eigenvalue weighted by Crippen LogP contribution is -2.46. The lowest BCUT2D eigenvalue weighted by atomic mass is 9.95. The molecule has 118 valence electrons. The predicted molar refractivity (Wildman–Crippen MR) is 84.8 cm³/mol. The molecular weight excluding hydrogens is 250 g/mol.